The standard InChI is InChI=1S/C66H44N4O2/c1-66(2)54-25-11-9-21-50(54)61-55(66)26-15-27-56(61)70(46-35-30-42(31-36-46)41-16-5-3-6-17-41)47-37-32-43(33-38-47)45-34-39-58-53(40-45)60-51(23-14-29-59(60)71-58)64-67-63(44-18-7-4-8-19-44)68-65(69-64)52-24-13-22-49-48-20-10-12-28-57(48)72-62(49)52/h3-40H,1-2H3. The second-order valence-corrected chi connectivity index (χ2v) is 19.1. The highest BCUT2D eigenvalue weighted by atomic mass is 16.3. The number of rotatable bonds is 8. The summed E-state index contributed by atoms with van der Waals surface area (Å²) < 4.78 is 13.1. The van der Waals surface area contributed by atoms with Gasteiger partial charge in [0.15, 0.2) is 17.5 Å². The van der Waals surface area contributed by atoms with E-state index in [1.807, 2.05) is 72.8 Å². The Balaban J connectivity index is 0.890. The van der Waals surface area contributed by atoms with Crippen LogP contribution in [0, 0.1) is 0 Å². The zero-order valence-electron chi connectivity index (χ0n) is 39.5. The molecule has 0 radical (unpaired) electrons. The lowest BCUT2D eigenvalue weighted by Gasteiger charge is -2.29. The van der Waals surface area contributed by atoms with Gasteiger partial charge in [0.1, 0.15) is 22.3 Å². The molecule has 1 aliphatic rings. The van der Waals surface area contributed by atoms with E-state index < -0.39 is 0 Å². The van der Waals surface area contributed by atoms with Crippen LogP contribution < -0.4 is 4.90 Å². The number of benzene rings is 10. The highest BCUT2D eigenvalue weighted by Gasteiger charge is 2.37. The number of furan rings is 2. The third kappa shape index (κ3) is 6.68. The van der Waals surface area contributed by atoms with E-state index in [0.29, 0.717) is 17.5 Å². The molecular weight excluding hydrogens is 881 g/mol. The molecule has 13 aromatic rings. The fraction of sp³-hybridized carbons (Fsp3) is 0.0455. The lowest BCUT2D eigenvalue weighted by Crippen LogP contribution is -2.16. The quantitative estimate of drug-likeness (QED) is 0.151. The number of anilines is 3. The van der Waals surface area contributed by atoms with Crippen molar-refractivity contribution in [3.05, 3.63) is 242 Å². The Morgan fingerprint density at radius 3 is 1.67 bits per heavy atom. The van der Waals surface area contributed by atoms with E-state index in [9.17, 15) is 0 Å². The van der Waals surface area contributed by atoms with Crippen LogP contribution in [0.5, 0.6) is 0 Å². The molecule has 0 fully saturated rings. The zero-order chi connectivity index (χ0) is 47.9. The summed E-state index contributed by atoms with van der Waals surface area (Å²) in [4.78, 5) is 17.9. The van der Waals surface area contributed by atoms with E-state index in [-0.39, 0.29) is 5.41 Å². The van der Waals surface area contributed by atoms with Gasteiger partial charge in [0, 0.05) is 55.0 Å². The topological polar surface area (TPSA) is 68.2 Å². The lowest BCUT2D eigenvalue weighted by molar-refractivity contribution is 0.660. The molecule has 0 N–H and O–H groups in total. The van der Waals surface area contributed by atoms with Crippen molar-refractivity contribution < 1.29 is 8.83 Å². The minimum Gasteiger partial charge on any atom is -0.456 e. The van der Waals surface area contributed by atoms with E-state index in [1.165, 1.54) is 33.4 Å². The van der Waals surface area contributed by atoms with Crippen molar-refractivity contribution in [3.63, 3.8) is 0 Å². The smallest absolute Gasteiger partial charge is 0.167 e. The van der Waals surface area contributed by atoms with Crippen molar-refractivity contribution in [1.29, 1.82) is 0 Å². The van der Waals surface area contributed by atoms with E-state index >= 15 is 0 Å². The Kier molecular flexibility index (Phi) is 9.45. The first-order chi connectivity index (χ1) is 35.4. The van der Waals surface area contributed by atoms with Gasteiger partial charge in [-0.3, -0.25) is 0 Å². The van der Waals surface area contributed by atoms with Crippen molar-refractivity contribution in [2.75, 3.05) is 4.90 Å². The Hall–Kier alpha value is -9.39. The predicted molar refractivity (Wildman–Crippen MR) is 294 cm³/mol. The van der Waals surface area contributed by atoms with Crippen LogP contribution in [0.4, 0.5) is 17.1 Å². The number of aromatic nitrogens is 3. The van der Waals surface area contributed by atoms with Crippen LogP contribution in [0.1, 0.15) is 25.0 Å². The minimum absolute atomic E-state index is 0.134. The fourth-order valence-electron chi connectivity index (χ4n) is 11.0. The van der Waals surface area contributed by atoms with Crippen LogP contribution in [-0.4, -0.2) is 15.0 Å². The van der Waals surface area contributed by atoms with Crippen molar-refractivity contribution in [2.24, 2.45) is 0 Å². The molecule has 0 bridgehead atoms. The molecule has 0 atom stereocenters. The van der Waals surface area contributed by atoms with Crippen LogP contribution in [-0.2, 0) is 5.41 Å². The number of fused-ring (bicyclic) bond motifs is 9. The number of nitrogens with zero attached hydrogens (tertiary/aromatic N) is 4. The minimum atomic E-state index is -0.134. The van der Waals surface area contributed by atoms with E-state index in [0.717, 1.165) is 88.8 Å². The third-order valence-corrected chi connectivity index (χ3v) is 14.6. The fourth-order valence-corrected chi connectivity index (χ4v) is 11.0. The highest BCUT2D eigenvalue weighted by Crippen LogP contribution is 2.54. The first kappa shape index (κ1) is 41.6. The molecule has 340 valence electrons. The molecule has 0 unspecified atom stereocenters. The van der Waals surface area contributed by atoms with Gasteiger partial charge in [-0.25, -0.2) is 15.0 Å². The maximum atomic E-state index is 6.59. The summed E-state index contributed by atoms with van der Waals surface area (Å²) in [6.45, 7) is 4.68. The summed E-state index contributed by atoms with van der Waals surface area (Å²) in [6, 6.07) is 81.0. The van der Waals surface area contributed by atoms with Gasteiger partial charge < -0.3 is 13.7 Å². The Morgan fingerprint density at radius 2 is 0.889 bits per heavy atom. The number of hydrogen-bond acceptors (Lipinski definition) is 6. The Labute approximate surface area is 416 Å². The maximum absolute atomic E-state index is 6.59. The van der Waals surface area contributed by atoms with Gasteiger partial charge >= 0.3 is 0 Å². The van der Waals surface area contributed by atoms with Crippen LogP contribution in [0.3, 0.4) is 0 Å². The molecule has 72 heavy (non-hydrogen) atoms. The summed E-state index contributed by atoms with van der Waals surface area (Å²) in [6.07, 6.45) is 0. The van der Waals surface area contributed by atoms with E-state index in [2.05, 4.69) is 176 Å². The number of para-hydroxylation sites is 2. The zero-order valence-corrected chi connectivity index (χ0v) is 39.5. The molecule has 0 saturated carbocycles. The van der Waals surface area contributed by atoms with E-state index in [1.54, 1.807) is 0 Å². The summed E-state index contributed by atoms with van der Waals surface area (Å²) in [5.41, 5.74) is 18.6. The molecule has 3 heterocycles. The van der Waals surface area contributed by atoms with Crippen LogP contribution >= 0.6 is 0 Å². The SMILES string of the molecule is CC1(C)c2ccccc2-c2c(N(c3ccc(-c4ccccc4)cc3)c3ccc(-c4ccc5oc6cccc(-c7nc(-c8ccccc8)nc(-c8cccc9c8oc8ccccc89)n7)c6c5c4)cc3)cccc21. The number of hydrogen-bond donors (Lipinski definition) is 0. The van der Waals surface area contributed by atoms with Crippen molar-refractivity contribution in [3.8, 4) is 67.5 Å². The molecule has 1 aliphatic carbocycles. The first-order valence-corrected chi connectivity index (χ1v) is 24.4. The highest BCUT2D eigenvalue weighted by molar-refractivity contribution is 6.13. The van der Waals surface area contributed by atoms with Gasteiger partial charge in [-0.15, -0.1) is 0 Å². The molecule has 0 spiro atoms. The molecule has 6 heteroatoms. The molecule has 0 aliphatic heterocycles. The third-order valence-electron chi connectivity index (χ3n) is 14.6. The summed E-state index contributed by atoms with van der Waals surface area (Å²) >= 11 is 0. The van der Waals surface area contributed by atoms with E-state index in [4.69, 9.17) is 23.8 Å². The normalized spacial score (nSPS) is 12.7. The predicted octanol–water partition coefficient (Wildman–Crippen LogP) is 17.8. The lowest BCUT2D eigenvalue weighted by atomic mass is 9.82. The second-order valence-electron chi connectivity index (χ2n) is 19.1. The van der Waals surface area contributed by atoms with Crippen LogP contribution in [0.2, 0.25) is 0 Å². The van der Waals surface area contributed by atoms with Gasteiger partial charge in [0.2, 0.25) is 0 Å². The molecule has 14 rings (SSSR count). The summed E-state index contributed by atoms with van der Waals surface area (Å²) in [7, 11) is 0. The average molecular weight is 925 g/mol. The monoisotopic (exact) mass is 924 g/mol. The van der Waals surface area contributed by atoms with Gasteiger partial charge in [0.05, 0.1) is 11.3 Å². The van der Waals surface area contributed by atoms with Crippen molar-refractivity contribution >= 4 is 60.9 Å². The maximum Gasteiger partial charge on any atom is 0.167 e. The Bertz CT molecular complexity index is 4230. The second kappa shape index (κ2) is 16.4. The summed E-state index contributed by atoms with van der Waals surface area (Å²) in [5, 5.41) is 3.98. The van der Waals surface area contributed by atoms with Crippen LogP contribution in [0.15, 0.2) is 239 Å². The van der Waals surface area contributed by atoms with Gasteiger partial charge in [-0.2, -0.15) is 0 Å². The van der Waals surface area contributed by atoms with Gasteiger partial charge in [-0.1, -0.05) is 184 Å². The van der Waals surface area contributed by atoms with Crippen molar-refractivity contribution in [1.82, 2.24) is 15.0 Å². The molecular formula is C66H44N4O2. The van der Waals surface area contributed by atoms with Gasteiger partial charge in [0.25, 0.3) is 0 Å². The summed E-state index contributed by atoms with van der Waals surface area (Å²) in [5.74, 6) is 1.65. The first-order valence-electron chi connectivity index (χ1n) is 24.4. The largest absolute Gasteiger partial charge is 0.456 e. The molecule has 3 aromatic heterocycles. The van der Waals surface area contributed by atoms with Gasteiger partial charge in [-0.05, 0) is 99.6 Å². The molecule has 0 amide bonds. The molecule has 10 aromatic carbocycles. The average Bonchev–Trinajstić information content (AvgIpc) is 4.09. The molecule has 6 nitrogen and oxygen atoms in total. The molecule has 0 saturated heterocycles. The van der Waals surface area contributed by atoms with Crippen LogP contribution in [0.25, 0.3) is 111 Å². The van der Waals surface area contributed by atoms with Crippen molar-refractivity contribution in [2.45, 2.75) is 19.3 Å². The Morgan fingerprint density at radius 1 is 0.361 bits per heavy atom.